The number of hydrogen-bond donors (Lipinski definition) is 0. The van der Waals surface area contributed by atoms with E-state index < -0.39 is 0 Å². The molecule has 0 aliphatic rings. The molecule has 57 heavy (non-hydrogen) atoms. The summed E-state index contributed by atoms with van der Waals surface area (Å²) in [6.07, 6.45) is 0. The lowest BCUT2D eigenvalue weighted by Crippen LogP contribution is -2.14. The number of benzene rings is 9. The van der Waals surface area contributed by atoms with E-state index in [-0.39, 0.29) is 0 Å². The third-order valence-electron chi connectivity index (χ3n) is 11.3. The van der Waals surface area contributed by atoms with E-state index in [1.165, 1.54) is 54.7 Å². The molecule has 2 aromatic heterocycles. The van der Waals surface area contributed by atoms with Crippen molar-refractivity contribution >= 4 is 60.7 Å². The van der Waals surface area contributed by atoms with Crippen molar-refractivity contribution < 1.29 is 0 Å². The molecule has 3 nitrogen and oxygen atoms in total. The van der Waals surface area contributed by atoms with Gasteiger partial charge in [0.05, 0.1) is 39.1 Å². The van der Waals surface area contributed by atoms with Gasteiger partial charge in [-0.05, 0) is 71.8 Å². The van der Waals surface area contributed by atoms with Gasteiger partial charge in [0.15, 0.2) is 0 Å². The topological polar surface area (TPSA) is 13.1 Å². The zero-order valence-electron chi connectivity index (χ0n) is 31.2. The lowest BCUT2D eigenvalue weighted by atomic mass is 9.99. The van der Waals surface area contributed by atoms with Crippen molar-refractivity contribution in [2.24, 2.45) is 0 Å². The molecule has 0 N–H and O–H groups in total. The lowest BCUT2D eigenvalue weighted by Gasteiger charge is -2.30. The van der Waals surface area contributed by atoms with Crippen molar-refractivity contribution in [1.82, 2.24) is 9.13 Å². The molecule has 11 aromatic rings. The van der Waals surface area contributed by atoms with Crippen LogP contribution in [0.5, 0.6) is 0 Å². The highest BCUT2D eigenvalue weighted by Gasteiger charge is 2.23. The molecule has 0 radical (unpaired) electrons. The SMILES string of the molecule is c1ccc(-c2ccccc2N(c2ccc(-c3cccc4c5ccccc5n(-c5ccccc5)c34)cc2)c2ccccc2-n2c3ccccc3c3ccccc32)cc1. The van der Waals surface area contributed by atoms with Crippen molar-refractivity contribution in [1.29, 1.82) is 0 Å². The van der Waals surface area contributed by atoms with Gasteiger partial charge < -0.3 is 14.0 Å². The van der Waals surface area contributed by atoms with Gasteiger partial charge in [-0.1, -0.05) is 164 Å². The van der Waals surface area contributed by atoms with E-state index in [2.05, 4.69) is 238 Å². The summed E-state index contributed by atoms with van der Waals surface area (Å²) in [5.74, 6) is 0. The first-order valence-electron chi connectivity index (χ1n) is 19.5. The molecular weight excluding hydrogens is 691 g/mol. The maximum atomic E-state index is 2.44. The minimum Gasteiger partial charge on any atom is -0.309 e. The molecule has 0 fully saturated rings. The van der Waals surface area contributed by atoms with Gasteiger partial charge in [-0.3, -0.25) is 0 Å². The van der Waals surface area contributed by atoms with Gasteiger partial charge in [-0.25, -0.2) is 0 Å². The monoisotopic (exact) mass is 727 g/mol. The van der Waals surface area contributed by atoms with E-state index in [1.807, 2.05) is 0 Å². The predicted molar refractivity (Wildman–Crippen MR) is 241 cm³/mol. The van der Waals surface area contributed by atoms with Crippen LogP contribution < -0.4 is 4.90 Å². The predicted octanol–water partition coefficient (Wildman–Crippen LogP) is 14.7. The zero-order valence-corrected chi connectivity index (χ0v) is 31.2. The van der Waals surface area contributed by atoms with Crippen LogP contribution in [0.15, 0.2) is 224 Å². The Morgan fingerprint density at radius 3 is 1.46 bits per heavy atom. The summed E-state index contributed by atoms with van der Waals surface area (Å²) in [6, 6.07) is 81.1. The van der Waals surface area contributed by atoms with Crippen LogP contribution in [-0.2, 0) is 0 Å². The molecule has 0 atom stereocenters. The molecule has 0 saturated heterocycles. The summed E-state index contributed by atoms with van der Waals surface area (Å²) in [6.45, 7) is 0. The van der Waals surface area contributed by atoms with Crippen LogP contribution in [0.3, 0.4) is 0 Å². The van der Waals surface area contributed by atoms with Crippen LogP contribution in [0.2, 0.25) is 0 Å². The molecule has 0 aliphatic carbocycles. The lowest BCUT2D eigenvalue weighted by molar-refractivity contribution is 1.15. The van der Waals surface area contributed by atoms with Crippen LogP contribution in [0, 0.1) is 0 Å². The second-order valence-electron chi connectivity index (χ2n) is 14.5. The number of aromatic nitrogens is 2. The highest BCUT2D eigenvalue weighted by molar-refractivity contribution is 6.14. The van der Waals surface area contributed by atoms with Gasteiger partial charge in [-0.15, -0.1) is 0 Å². The second-order valence-corrected chi connectivity index (χ2v) is 14.5. The Bertz CT molecular complexity index is 3170. The zero-order chi connectivity index (χ0) is 37.7. The molecule has 2 heterocycles. The fourth-order valence-electron chi connectivity index (χ4n) is 8.85. The maximum absolute atomic E-state index is 2.44. The molecule has 3 heteroatoms. The number of rotatable bonds is 7. The maximum Gasteiger partial charge on any atom is 0.0702 e. The van der Waals surface area contributed by atoms with Crippen molar-refractivity contribution in [3.63, 3.8) is 0 Å². The number of nitrogens with zero attached hydrogens (tertiary/aromatic N) is 3. The first kappa shape index (κ1) is 32.8. The third kappa shape index (κ3) is 5.36. The minimum absolute atomic E-state index is 1.08. The van der Waals surface area contributed by atoms with Crippen molar-refractivity contribution in [2.75, 3.05) is 4.90 Å². The fourth-order valence-corrected chi connectivity index (χ4v) is 8.85. The molecule has 268 valence electrons. The molecule has 0 amide bonds. The summed E-state index contributed by atoms with van der Waals surface area (Å²) in [5, 5.41) is 4.98. The molecule has 9 aromatic carbocycles. The highest BCUT2D eigenvalue weighted by Crippen LogP contribution is 2.46. The molecule has 0 aliphatic heterocycles. The van der Waals surface area contributed by atoms with Crippen LogP contribution in [0.4, 0.5) is 17.1 Å². The van der Waals surface area contributed by atoms with Gasteiger partial charge >= 0.3 is 0 Å². The Morgan fingerprint density at radius 1 is 0.298 bits per heavy atom. The van der Waals surface area contributed by atoms with Gasteiger partial charge in [0.1, 0.15) is 0 Å². The van der Waals surface area contributed by atoms with Crippen LogP contribution in [0.1, 0.15) is 0 Å². The number of anilines is 3. The van der Waals surface area contributed by atoms with Gasteiger partial charge in [0, 0.05) is 44.0 Å². The molecule has 11 rings (SSSR count). The molecule has 0 spiro atoms. The minimum atomic E-state index is 1.08. The number of hydrogen-bond acceptors (Lipinski definition) is 1. The van der Waals surface area contributed by atoms with E-state index in [0.717, 1.165) is 39.6 Å². The first-order chi connectivity index (χ1) is 28.3. The smallest absolute Gasteiger partial charge is 0.0702 e. The Labute approximate surface area is 331 Å². The highest BCUT2D eigenvalue weighted by atomic mass is 15.2. The first-order valence-corrected chi connectivity index (χ1v) is 19.5. The molecule has 0 saturated carbocycles. The summed E-state index contributed by atoms with van der Waals surface area (Å²) in [4.78, 5) is 2.44. The summed E-state index contributed by atoms with van der Waals surface area (Å²) < 4.78 is 4.84. The normalized spacial score (nSPS) is 11.5. The van der Waals surface area contributed by atoms with Gasteiger partial charge in [-0.2, -0.15) is 0 Å². The standard InChI is InChI=1S/C54H37N3/c1-3-18-38(19-4-1)42-22-7-11-28-48(42)55(52-32-15-16-33-53(52)57-50-30-13-8-23-44(50)45-24-9-14-31-51(45)57)41-36-34-39(35-37-41)43-26-17-27-47-46-25-10-12-29-49(46)56(54(43)47)40-20-5-2-6-21-40/h1-37H. The Kier molecular flexibility index (Phi) is 7.82. The summed E-state index contributed by atoms with van der Waals surface area (Å²) >= 11 is 0. The summed E-state index contributed by atoms with van der Waals surface area (Å²) in [7, 11) is 0. The molecule has 0 bridgehead atoms. The average Bonchev–Trinajstić information content (AvgIpc) is 3.81. The third-order valence-corrected chi connectivity index (χ3v) is 11.3. The number of fused-ring (bicyclic) bond motifs is 6. The Balaban J connectivity index is 1.14. The van der Waals surface area contributed by atoms with Crippen LogP contribution in [0.25, 0.3) is 77.2 Å². The van der Waals surface area contributed by atoms with Crippen molar-refractivity contribution in [2.45, 2.75) is 0 Å². The summed E-state index contributed by atoms with van der Waals surface area (Å²) in [5.41, 5.74) is 15.0. The van der Waals surface area contributed by atoms with Gasteiger partial charge in [0.2, 0.25) is 0 Å². The number of para-hydroxylation sites is 8. The van der Waals surface area contributed by atoms with Gasteiger partial charge in [0.25, 0.3) is 0 Å². The van der Waals surface area contributed by atoms with Crippen LogP contribution >= 0.6 is 0 Å². The fraction of sp³-hybridized carbons (Fsp3) is 0. The Morgan fingerprint density at radius 2 is 0.772 bits per heavy atom. The largest absolute Gasteiger partial charge is 0.309 e. The quantitative estimate of drug-likeness (QED) is 0.159. The molecule has 0 unspecified atom stereocenters. The second kappa shape index (κ2) is 13.6. The van der Waals surface area contributed by atoms with Crippen molar-refractivity contribution in [3.8, 4) is 33.6 Å². The molecular formula is C54H37N3. The van der Waals surface area contributed by atoms with E-state index in [0.29, 0.717) is 0 Å². The van der Waals surface area contributed by atoms with E-state index >= 15 is 0 Å². The van der Waals surface area contributed by atoms with E-state index in [1.54, 1.807) is 0 Å². The van der Waals surface area contributed by atoms with E-state index in [4.69, 9.17) is 0 Å². The Hall–Kier alpha value is -7.62. The van der Waals surface area contributed by atoms with Crippen LogP contribution in [-0.4, -0.2) is 9.13 Å². The van der Waals surface area contributed by atoms with E-state index in [9.17, 15) is 0 Å². The van der Waals surface area contributed by atoms with Crippen molar-refractivity contribution in [3.05, 3.63) is 224 Å². The average molecular weight is 728 g/mol.